The van der Waals surface area contributed by atoms with Crippen molar-refractivity contribution < 1.29 is 19.4 Å². The van der Waals surface area contributed by atoms with Crippen molar-refractivity contribution in [2.24, 2.45) is 5.92 Å². The van der Waals surface area contributed by atoms with Crippen LogP contribution in [0.3, 0.4) is 0 Å². The van der Waals surface area contributed by atoms with Crippen molar-refractivity contribution in [3.05, 3.63) is 76.6 Å². The summed E-state index contributed by atoms with van der Waals surface area (Å²) in [6.45, 7) is 2.19. The lowest BCUT2D eigenvalue weighted by molar-refractivity contribution is -0.132. The van der Waals surface area contributed by atoms with Gasteiger partial charge < -0.3 is 9.84 Å². The smallest absolute Gasteiger partial charge is 0.303 e. The van der Waals surface area contributed by atoms with Crippen LogP contribution >= 0.6 is 11.6 Å². The standard InChI is InChI=1S/C25H26ClN3O4/c1-17-8-13-21-22(24(32)28(23(17)31)14-5-15-30)29(16-18-9-11-19(26)12-10-18)25(27-21)33-20-6-3-2-4-7-20/h2-4,6-7,9-12,17,30H,5,8,13-16H2,1H3. The van der Waals surface area contributed by atoms with E-state index in [0.717, 1.165) is 5.56 Å². The van der Waals surface area contributed by atoms with E-state index in [4.69, 9.17) is 21.3 Å². The number of hydrogen-bond donors (Lipinski definition) is 1. The number of halogens is 1. The van der Waals surface area contributed by atoms with E-state index in [1.54, 1.807) is 16.7 Å². The Labute approximate surface area is 197 Å². The van der Waals surface area contributed by atoms with Gasteiger partial charge in [0.2, 0.25) is 5.91 Å². The Morgan fingerprint density at radius 3 is 2.55 bits per heavy atom. The first-order valence-corrected chi connectivity index (χ1v) is 11.4. The maximum absolute atomic E-state index is 13.7. The summed E-state index contributed by atoms with van der Waals surface area (Å²) in [7, 11) is 0. The molecule has 2 amide bonds. The Balaban J connectivity index is 1.81. The molecule has 0 saturated heterocycles. The first-order valence-electron chi connectivity index (χ1n) is 11.0. The number of aromatic nitrogens is 2. The molecule has 0 aliphatic carbocycles. The van der Waals surface area contributed by atoms with Crippen LogP contribution in [0.4, 0.5) is 0 Å². The predicted octanol–water partition coefficient (Wildman–Crippen LogP) is 4.31. The molecular weight excluding hydrogens is 442 g/mol. The normalized spacial score (nSPS) is 16.3. The van der Waals surface area contributed by atoms with Crippen molar-refractivity contribution in [1.29, 1.82) is 0 Å². The second kappa shape index (κ2) is 10.2. The molecule has 2 aromatic carbocycles. The van der Waals surface area contributed by atoms with Gasteiger partial charge in [-0.15, -0.1) is 0 Å². The number of benzene rings is 2. The van der Waals surface area contributed by atoms with E-state index in [9.17, 15) is 14.7 Å². The van der Waals surface area contributed by atoms with Crippen LogP contribution in [0.5, 0.6) is 11.8 Å². The van der Waals surface area contributed by atoms with Crippen LogP contribution in [0.15, 0.2) is 54.6 Å². The van der Waals surface area contributed by atoms with E-state index < -0.39 is 5.91 Å². The molecule has 33 heavy (non-hydrogen) atoms. The maximum atomic E-state index is 13.7. The van der Waals surface area contributed by atoms with Crippen LogP contribution in [0, 0.1) is 5.92 Å². The molecule has 172 valence electrons. The van der Waals surface area contributed by atoms with Crippen molar-refractivity contribution in [2.75, 3.05) is 13.2 Å². The van der Waals surface area contributed by atoms with E-state index in [1.807, 2.05) is 49.4 Å². The Hall–Kier alpha value is -3.16. The Morgan fingerprint density at radius 1 is 1.12 bits per heavy atom. The average Bonchev–Trinajstić information content (AvgIpc) is 3.15. The van der Waals surface area contributed by atoms with Gasteiger partial charge in [-0.05, 0) is 49.1 Å². The zero-order valence-electron chi connectivity index (χ0n) is 18.4. The molecule has 2 heterocycles. The summed E-state index contributed by atoms with van der Waals surface area (Å²) in [6, 6.07) is 16.9. The number of imide groups is 1. The average molecular weight is 468 g/mol. The summed E-state index contributed by atoms with van der Waals surface area (Å²) in [4.78, 5) is 32.6. The van der Waals surface area contributed by atoms with Gasteiger partial charge >= 0.3 is 6.01 Å². The summed E-state index contributed by atoms with van der Waals surface area (Å²) < 4.78 is 7.81. The van der Waals surface area contributed by atoms with E-state index in [-0.39, 0.29) is 25.0 Å². The first-order chi connectivity index (χ1) is 16.0. The van der Waals surface area contributed by atoms with Crippen LogP contribution < -0.4 is 4.74 Å². The molecule has 0 saturated carbocycles. The monoisotopic (exact) mass is 467 g/mol. The highest BCUT2D eigenvalue weighted by Gasteiger charge is 2.35. The molecule has 0 bridgehead atoms. The minimum atomic E-state index is -0.417. The summed E-state index contributed by atoms with van der Waals surface area (Å²) in [5, 5.41) is 9.92. The molecule has 1 aliphatic heterocycles. The third-order valence-electron chi connectivity index (χ3n) is 5.70. The molecule has 3 aromatic rings. The maximum Gasteiger partial charge on any atom is 0.303 e. The van der Waals surface area contributed by atoms with Gasteiger partial charge in [0.1, 0.15) is 11.4 Å². The third kappa shape index (κ3) is 5.10. The molecule has 0 radical (unpaired) electrons. The molecule has 4 rings (SSSR count). The van der Waals surface area contributed by atoms with Crippen LogP contribution in [0.2, 0.25) is 5.02 Å². The largest absolute Gasteiger partial charge is 0.425 e. The fraction of sp³-hybridized carbons (Fsp3) is 0.320. The number of rotatable bonds is 7. The highest BCUT2D eigenvalue weighted by Crippen LogP contribution is 2.30. The van der Waals surface area contributed by atoms with Crippen molar-refractivity contribution >= 4 is 23.4 Å². The Morgan fingerprint density at radius 2 is 1.85 bits per heavy atom. The number of fused-ring (bicyclic) bond motifs is 1. The number of aryl methyl sites for hydroxylation is 1. The lowest BCUT2D eigenvalue weighted by atomic mass is 9.98. The van der Waals surface area contributed by atoms with Gasteiger partial charge in [0.25, 0.3) is 5.91 Å². The second-order valence-electron chi connectivity index (χ2n) is 8.13. The molecular formula is C25H26ClN3O4. The Bertz CT molecular complexity index is 1130. The second-order valence-corrected chi connectivity index (χ2v) is 8.57. The SMILES string of the molecule is CC1CCc2nc(Oc3ccccc3)n(Cc3ccc(Cl)cc3)c2C(=O)N(CCCO)C1=O. The molecule has 1 N–H and O–H groups in total. The summed E-state index contributed by atoms with van der Waals surface area (Å²) in [5.41, 5.74) is 1.86. The van der Waals surface area contributed by atoms with Crippen LogP contribution in [0.1, 0.15) is 41.5 Å². The molecule has 1 aliphatic rings. The van der Waals surface area contributed by atoms with Crippen molar-refractivity contribution in [3.63, 3.8) is 0 Å². The number of para-hydroxylation sites is 1. The number of nitrogens with zero attached hydrogens (tertiary/aromatic N) is 3. The molecule has 1 unspecified atom stereocenters. The number of aliphatic hydroxyl groups excluding tert-OH is 1. The number of hydrogen-bond acceptors (Lipinski definition) is 5. The third-order valence-corrected chi connectivity index (χ3v) is 5.95. The first kappa shape index (κ1) is 23.0. The zero-order valence-corrected chi connectivity index (χ0v) is 19.2. The predicted molar refractivity (Wildman–Crippen MR) is 125 cm³/mol. The molecule has 8 heteroatoms. The number of carbonyl (C=O) groups excluding carboxylic acids is 2. The van der Waals surface area contributed by atoms with Gasteiger partial charge in [0, 0.05) is 24.1 Å². The quantitative estimate of drug-likeness (QED) is 0.523. The number of imidazole rings is 1. The van der Waals surface area contributed by atoms with E-state index in [1.165, 1.54) is 4.90 Å². The van der Waals surface area contributed by atoms with Gasteiger partial charge in [0.05, 0.1) is 12.2 Å². The lowest BCUT2D eigenvalue weighted by Gasteiger charge is -2.27. The van der Waals surface area contributed by atoms with Crippen LogP contribution in [0.25, 0.3) is 0 Å². The minimum absolute atomic E-state index is 0.106. The van der Waals surface area contributed by atoms with Crippen molar-refractivity contribution in [1.82, 2.24) is 14.5 Å². The van der Waals surface area contributed by atoms with Gasteiger partial charge in [-0.1, -0.05) is 48.9 Å². The number of carbonyl (C=O) groups is 2. The molecule has 7 nitrogen and oxygen atoms in total. The number of amides is 2. The van der Waals surface area contributed by atoms with Gasteiger partial charge in [-0.3, -0.25) is 19.1 Å². The van der Waals surface area contributed by atoms with Crippen molar-refractivity contribution in [3.8, 4) is 11.8 Å². The minimum Gasteiger partial charge on any atom is -0.425 e. The van der Waals surface area contributed by atoms with Gasteiger partial charge in [0.15, 0.2) is 0 Å². The Kier molecular flexibility index (Phi) is 7.11. The number of ether oxygens (including phenoxy) is 1. The van der Waals surface area contributed by atoms with Gasteiger partial charge in [-0.2, -0.15) is 4.98 Å². The fourth-order valence-electron chi connectivity index (χ4n) is 3.90. The topological polar surface area (TPSA) is 84.7 Å². The summed E-state index contributed by atoms with van der Waals surface area (Å²) >= 11 is 6.05. The fourth-order valence-corrected chi connectivity index (χ4v) is 4.02. The van der Waals surface area contributed by atoms with E-state index >= 15 is 0 Å². The summed E-state index contributed by atoms with van der Waals surface area (Å²) in [6.07, 6.45) is 1.37. The molecule has 1 atom stereocenters. The highest BCUT2D eigenvalue weighted by molar-refractivity contribution is 6.30. The zero-order chi connectivity index (χ0) is 23.4. The van der Waals surface area contributed by atoms with Gasteiger partial charge in [-0.25, -0.2) is 0 Å². The van der Waals surface area contributed by atoms with Crippen LogP contribution in [-0.2, 0) is 17.8 Å². The molecule has 0 spiro atoms. The lowest BCUT2D eigenvalue weighted by Crippen LogP contribution is -2.43. The molecule has 1 aromatic heterocycles. The van der Waals surface area contributed by atoms with E-state index in [2.05, 4.69) is 0 Å². The van der Waals surface area contributed by atoms with Crippen LogP contribution in [-0.4, -0.2) is 44.5 Å². The molecule has 0 fully saturated rings. The number of aliphatic hydroxyl groups is 1. The van der Waals surface area contributed by atoms with Crippen molar-refractivity contribution in [2.45, 2.75) is 32.7 Å². The van der Waals surface area contributed by atoms with E-state index in [0.29, 0.717) is 54.0 Å². The highest BCUT2D eigenvalue weighted by atomic mass is 35.5. The summed E-state index contributed by atoms with van der Waals surface area (Å²) in [5.74, 6) is -0.370.